The average molecular weight is 507 g/mol. The molecule has 0 bridgehead atoms. The van der Waals surface area contributed by atoms with Gasteiger partial charge in [-0.1, -0.05) is 17.7 Å². The number of nitrogens with zero attached hydrogens (tertiary/aromatic N) is 1. The van der Waals surface area contributed by atoms with Gasteiger partial charge in [0.2, 0.25) is 16.7 Å². The summed E-state index contributed by atoms with van der Waals surface area (Å²) in [4.78, 5) is 0. The fraction of sp³-hybridized carbons (Fsp3) is 0.265. The molecule has 0 atom stereocenters. The molecule has 0 aliphatic rings. The molecule has 4 aromatic carbocycles. The zero-order valence-electron chi connectivity index (χ0n) is 23.9. The molecule has 5 aromatic rings. The van der Waals surface area contributed by atoms with Crippen molar-refractivity contribution in [2.45, 2.75) is 41.5 Å². The van der Waals surface area contributed by atoms with Crippen LogP contribution in [0.2, 0.25) is 0 Å². The summed E-state index contributed by atoms with van der Waals surface area (Å²) >= 11 is 0. The molecule has 0 aliphatic heterocycles. The molecule has 0 unspecified atom stereocenters. The van der Waals surface area contributed by atoms with E-state index in [1.807, 2.05) is 0 Å². The van der Waals surface area contributed by atoms with Gasteiger partial charge in [0.15, 0.2) is 0 Å². The molecule has 0 radical (unpaired) electrons. The van der Waals surface area contributed by atoms with E-state index in [9.17, 15) is 0 Å². The molecule has 0 saturated heterocycles. The van der Waals surface area contributed by atoms with Crippen LogP contribution in [0.4, 0.5) is 0 Å². The SMILES string of the molecule is COc1cc(C)cc(-[n+]2c3cc(C)cc(OC)c3c(-c3c(C)cc(C)cc3C)c3c(OC)cc(C)cc32)c1. The zero-order chi connectivity index (χ0) is 27.3. The van der Waals surface area contributed by atoms with E-state index in [2.05, 4.69) is 101 Å². The van der Waals surface area contributed by atoms with Gasteiger partial charge in [-0.05, 0) is 93.1 Å². The maximum atomic E-state index is 6.10. The van der Waals surface area contributed by atoms with E-state index >= 15 is 0 Å². The lowest BCUT2D eigenvalue weighted by Crippen LogP contribution is -2.33. The van der Waals surface area contributed by atoms with Crippen molar-refractivity contribution in [1.82, 2.24) is 0 Å². The predicted molar refractivity (Wildman–Crippen MR) is 156 cm³/mol. The molecule has 0 spiro atoms. The molecule has 0 fully saturated rings. The number of fused-ring (bicyclic) bond motifs is 2. The van der Waals surface area contributed by atoms with Crippen LogP contribution < -0.4 is 18.8 Å². The number of rotatable bonds is 5. The van der Waals surface area contributed by atoms with Gasteiger partial charge in [-0.15, -0.1) is 0 Å². The first kappa shape index (κ1) is 25.6. The van der Waals surface area contributed by atoms with Crippen molar-refractivity contribution in [3.8, 4) is 34.1 Å². The Morgan fingerprint density at radius 3 is 1.42 bits per heavy atom. The standard InChI is InChI=1S/C34H36NO3/c1-19-10-23(5)31(24(6)11-19)34-32-27(14-21(3)16-29(32)37-8)35(25-12-20(2)13-26(18-25)36-7)28-15-22(4)17-30(38-9)33(28)34/h10-18H,1-9H3/q+1. The molecule has 0 amide bonds. The molecule has 1 aromatic heterocycles. The van der Waals surface area contributed by atoms with Gasteiger partial charge in [0.25, 0.3) is 0 Å². The van der Waals surface area contributed by atoms with Gasteiger partial charge in [-0.2, -0.15) is 4.57 Å². The van der Waals surface area contributed by atoms with Gasteiger partial charge < -0.3 is 14.2 Å². The molecule has 0 saturated carbocycles. The van der Waals surface area contributed by atoms with Gasteiger partial charge in [-0.3, -0.25) is 0 Å². The van der Waals surface area contributed by atoms with Crippen molar-refractivity contribution < 1.29 is 18.8 Å². The van der Waals surface area contributed by atoms with E-state index in [0.717, 1.165) is 67.0 Å². The second kappa shape index (κ2) is 9.68. The third-order valence-electron chi connectivity index (χ3n) is 7.33. The molecule has 38 heavy (non-hydrogen) atoms. The van der Waals surface area contributed by atoms with Crippen molar-refractivity contribution in [3.05, 3.63) is 88.0 Å². The largest absolute Gasteiger partial charge is 0.496 e. The van der Waals surface area contributed by atoms with Crippen LogP contribution in [0.15, 0.2) is 54.6 Å². The first-order valence-corrected chi connectivity index (χ1v) is 13.0. The van der Waals surface area contributed by atoms with Crippen LogP contribution in [0.1, 0.15) is 33.4 Å². The predicted octanol–water partition coefficient (Wildman–Crippen LogP) is 7.81. The van der Waals surface area contributed by atoms with Crippen molar-refractivity contribution >= 4 is 21.8 Å². The van der Waals surface area contributed by atoms with Crippen LogP contribution in [0, 0.1) is 41.5 Å². The van der Waals surface area contributed by atoms with Gasteiger partial charge in [0, 0.05) is 23.8 Å². The number of aryl methyl sites for hydroxylation is 6. The van der Waals surface area contributed by atoms with Gasteiger partial charge in [0.1, 0.15) is 17.2 Å². The highest BCUT2D eigenvalue weighted by Crippen LogP contribution is 2.46. The van der Waals surface area contributed by atoms with E-state index < -0.39 is 0 Å². The summed E-state index contributed by atoms with van der Waals surface area (Å²) in [5.41, 5.74) is 12.6. The quantitative estimate of drug-likeness (QED) is 0.180. The summed E-state index contributed by atoms with van der Waals surface area (Å²) in [6.45, 7) is 12.9. The van der Waals surface area contributed by atoms with Crippen LogP contribution in [-0.2, 0) is 0 Å². The van der Waals surface area contributed by atoms with E-state index in [-0.39, 0.29) is 0 Å². The Balaban J connectivity index is 2.16. The summed E-state index contributed by atoms with van der Waals surface area (Å²) < 4.78 is 20.2. The summed E-state index contributed by atoms with van der Waals surface area (Å²) in [7, 11) is 5.22. The van der Waals surface area contributed by atoms with Gasteiger partial charge in [-0.25, -0.2) is 0 Å². The highest BCUT2D eigenvalue weighted by Gasteiger charge is 2.30. The monoisotopic (exact) mass is 506 g/mol. The topological polar surface area (TPSA) is 31.6 Å². The second-order valence-electron chi connectivity index (χ2n) is 10.4. The van der Waals surface area contributed by atoms with Crippen LogP contribution in [0.25, 0.3) is 38.6 Å². The van der Waals surface area contributed by atoms with E-state index in [0.29, 0.717) is 0 Å². The highest BCUT2D eigenvalue weighted by molar-refractivity contribution is 6.13. The Morgan fingerprint density at radius 1 is 0.474 bits per heavy atom. The molecule has 0 aliphatic carbocycles. The lowest BCUT2D eigenvalue weighted by atomic mass is 9.87. The number of methoxy groups -OCH3 is 3. The lowest BCUT2D eigenvalue weighted by Gasteiger charge is -2.20. The summed E-state index contributed by atoms with van der Waals surface area (Å²) in [6.07, 6.45) is 0. The van der Waals surface area contributed by atoms with Gasteiger partial charge >= 0.3 is 0 Å². The van der Waals surface area contributed by atoms with E-state index in [1.54, 1.807) is 21.3 Å². The Kier molecular flexibility index (Phi) is 6.52. The average Bonchev–Trinajstić information content (AvgIpc) is 2.86. The molecule has 4 nitrogen and oxygen atoms in total. The highest BCUT2D eigenvalue weighted by atomic mass is 16.5. The van der Waals surface area contributed by atoms with Crippen molar-refractivity contribution in [2.24, 2.45) is 0 Å². The Bertz CT molecular complexity index is 1640. The van der Waals surface area contributed by atoms with Crippen LogP contribution in [-0.4, -0.2) is 21.3 Å². The van der Waals surface area contributed by atoms with E-state index in [1.165, 1.54) is 22.3 Å². The van der Waals surface area contributed by atoms with E-state index in [4.69, 9.17) is 14.2 Å². The minimum Gasteiger partial charge on any atom is -0.496 e. The Hall–Kier alpha value is -4.05. The Labute approximate surface area is 225 Å². The minimum absolute atomic E-state index is 0.822. The fourth-order valence-corrected chi connectivity index (χ4v) is 5.98. The molecule has 5 rings (SSSR count). The number of ether oxygens (including phenoxy) is 3. The number of hydrogen-bond donors (Lipinski definition) is 0. The van der Waals surface area contributed by atoms with Crippen molar-refractivity contribution in [1.29, 1.82) is 0 Å². The first-order valence-electron chi connectivity index (χ1n) is 13.0. The number of hydrogen-bond acceptors (Lipinski definition) is 3. The molecule has 194 valence electrons. The molecule has 4 heteroatoms. The Morgan fingerprint density at radius 2 is 0.947 bits per heavy atom. The normalized spacial score (nSPS) is 11.3. The lowest BCUT2D eigenvalue weighted by molar-refractivity contribution is -0.538. The van der Waals surface area contributed by atoms with Crippen LogP contribution in [0.5, 0.6) is 17.2 Å². The van der Waals surface area contributed by atoms with Crippen molar-refractivity contribution in [3.63, 3.8) is 0 Å². The van der Waals surface area contributed by atoms with Crippen LogP contribution in [0.3, 0.4) is 0 Å². The number of pyridine rings is 1. The second-order valence-corrected chi connectivity index (χ2v) is 10.4. The summed E-state index contributed by atoms with van der Waals surface area (Å²) in [5.74, 6) is 2.50. The van der Waals surface area contributed by atoms with Crippen molar-refractivity contribution in [2.75, 3.05) is 21.3 Å². The molecule has 0 N–H and O–H groups in total. The summed E-state index contributed by atoms with van der Waals surface area (Å²) in [5, 5.41) is 2.12. The number of aromatic nitrogens is 1. The first-order chi connectivity index (χ1) is 18.2. The van der Waals surface area contributed by atoms with Crippen LogP contribution >= 0.6 is 0 Å². The third kappa shape index (κ3) is 4.14. The maximum Gasteiger partial charge on any atom is 0.223 e. The zero-order valence-corrected chi connectivity index (χ0v) is 23.9. The molecular formula is C34H36NO3+. The number of benzene rings is 4. The molecular weight excluding hydrogens is 470 g/mol. The van der Waals surface area contributed by atoms with Gasteiger partial charge in [0.05, 0.1) is 38.2 Å². The summed E-state index contributed by atoms with van der Waals surface area (Å²) in [6, 6.07) is 19.6. The fourth-order valence-electron chi connectivity index (χ4n) is 5.98. The minimum atomic E-state index is 0.822. The third-order valence-corrected chi connectivity index (χ3v) is 7.33. The smallest absolute Gasteiger partial charge is 0.223 e. The molecule has 1 heterocycles. The maximum absolute atomic E-state index is 6.10.